The van der Waals surface area contributed by atoms with Crippen molar-refractivity contribution in [3.63, 3.8) is 0 Å². The molecule has 4 nitrogen and oxygen atoms in total. The highest BCUT2D eigenvalue weighted by atomic mass is 35.5. The summed E-state index contributed by atoms with van der Waals surface area (Å²) in [5.41, 5.74) is 9.25. The third kappa shape index (κ3) is 4.32. The minimum atomic E-state index is 0.305. The first-order chi connectivity index (χ1) is 11.8. The van der Waals surface area contributed by atoms with Crippen molar-refractivity contribution in [3.05, 3.63) is 58.6 Å². The number of halogens is 1. The van der Waals surface area contributed by atoms with Gasteiger partial charge in [-0.2, -0.15) is 0 Å². The third-order valence-electron chi connectivity index (χ3n) is 4.66. The minimum absolute atomic E-state index is 0.305. The molecule has 2 aromatic rings. The Balaban J connectivity index is 1.74. The number of nitrogens with one attached hydrogen (secondary N) is 1. The smallest absolute Gasteiger partial charge is 0.0622 e. The zero-order valence-electron chi connectivity index (χ0n) is 13.9. The molecule has 0 bridgehead atoms. The van der Waals surface area contributed by atoms with Gasteiger partial charge in [0, 0.05) is 30.9 Å². The number of nitrogens with two attached hydrogens (primary N) is 1. The van der Waals surface area contributed by atoms with E-state index < -0.39 is 0 Å². The molecule has 0 saturated heterocycles. The number of rotatable bonds is 7. The Morgan fingerprint density at radius 1 is 1.25 bits per heavy atom. The molecular formula is C19H25ClN4. The molecule has 2 unspecified atom stereocenters. The lowest BCUT2D eigenvalue weighted by molar-refractivity contribution is 0.365. The van der Waals surface area contributed by atoms with Crippen molar-refractivity contribution in [2.24, 2.45) is 5.73 Å². The molecule has 24 heavy (non-hydrogen) atoms. The quantitative estimate of drug-likeness (QED) is 0.807. The normalized spacial score (nSPS) is 18.2. The van der Waals surface area contributed by atoms with E-state index in [-0.39, 0.29) is 0 Å². The standard InChI is InChI=1S/C19H25ClN4/c20-16-8-4-11-22-18(16)13-15(7-2-10-21)24-17-9-1-5-14-6-3-12-23-19(14)17/h3-4,6,8,11-12,15,17,24H,1-2,5,7,9-10,13,21H2. The van der Waals surface area contributed by atoms with Crippen LogP contribution in [-0.2, 0) is 12.8 Å². The van der Waals surface area contributed by atoms with Gasteiger partial charge in [0.15, 0.2) is 0 Å². The molecule has 3 rings (SSSR count). The van der Waals surface area contributed by atoms with Gasteiger partial charge in [-0.05, 0) is 62.4 Å². The Morgan fingerprint density at radius 2 is 2.08 bits per heavy atom. The van der Waals surface area contributed by atoms with Crippen LogP contribution >= 0.6 is 11.6 Å². The molecule has 0 fully saturated rings. The van der Waals surface area contributed by atoms with Gasteiger partial charge in [-0.3, -0.25) is 9.97 Å². The van der Waals surface area contributed by atoms with Crippen molar-refractivity contribution in [2.75, 3.05) is 6.54 Å². The van der Waals surface area contributed by atoms with Crippen LogP contribution in [0.3, 0.4) is 0 Å². The van der Waals surface area contributed by atoms with E-state index in [1.807, 2.05) is 24.4 Å². The van der Waals surface area contributed by atoms with E-state index >= 15 is 0 Å². The van der Waals surface area contributed by atoms with Gasteiger partial charge in [-0.25, -0.2) is 0 Å². The molecule has 0 amide bonds. The number of pyridine rings is 2. The second-order valence-corrected chi connectivity index (χ2v) is 6.83. The fraction of sp³-hybridized carbons (Fsp3) is 0.474. The average Bonchev–Trinajstić information content (AvgIpc) is 2.62. The molecule has 2 atom stereocenters. The molecule has 128 valence electrons. The Bertz CT molecular complexity index is 661. The number of hydrogen-bond acceptors (Lipinski definition) is 4. The summed E-state index contributed by atoms with van der Waals surface area (Å²) in [5, 5.41) is 4.54. The zero-order chi connectivity index (χ0) is 16.8. The van der Waals surface area contributed by atoms with Gasteiger partial charge in [0.2, 0.25) is 0 Å². The van der Waals surface area contributed by atoms with E-state index in [0.717, 1.165) is 42.8 Å². The molecular weight excluding hydrogens is 320 g/mol. The van der Waals surface area contributed by atoms with E-state index in [0.29, 0.717) is 18.6 Å². The molecule has 0 aromatic carbocycles. The lowest BCUT2D eigenvalue weighted by Gasteiger charge is -2.30. The Kier molecular flexibility index (Phi) is 6.18. The van der Waals surface area contributed by atoms with Crippen LogP contribution in [0.2, 0.25) is 5.02 Å². The number of aryl methyl sites for hydroxylation is 1. The second-order valence-electron chi connectivity index (χ2n) is 6.42. The largest absolute Gasteiger partial charge is 0.330 e. The van der Waals surface area contributed by atoms with Crippen LogP contribution in [0.5, 0.6) is 0 Å². The second kappa shape index (κ2) is 8.56. The molecule has 0 saturated carbocycles. The molecule has 1 aliphatic carbocycles. The fourth-order valence-corrected chi connectivity index (χ4v) is 3.67. The molecule has 0 aliphatic heterocycles. The first kappa shape index (κ1) is 17.3. The first-order valence-electron chi connectivity index (χ1n) is 8.77. The highest BCUT2D eigenvalue weighted by Gasteiger charge is 2.24. The van der Waals surface area contributed by atoms with Crippen molar-refractivity contribution in [1.29, 1.82) is 0 Å². The third-order valence-corrected chi connectivity index (χ3v) is 5.01. The first-order valence-corrected chi connectivity index (χ1v) is 9.15. The molecule has 5 heteroatoms. The van der Waals surface area contributed by atoms with Crippen LogP contribution in [0, 0.1) is 0 Å². The number of hydrogen-bond donors (Lipinski definition) is 2. The van der Waals surface area contributed by atoms with Gasteiger partial charge in [-0.1, -0.05) is 17.7 Å². The summed E-state index contributed by atoms with van der Waals surface area (Å²) in [6.07, 6.45) is 9.97. The minimum Gasteiger partial charge on any atom is -0.330 e. The van der Waals surface area contributed by atoms with Crippen LogP contribution in [-0.4, -0.2) is 22.6 Å². The van der Waals surface area contributed by atoms with E-state index in [1.54, 1.807) is 6.20 Å². The summed E-state index contributed by atoms with van der Waals surface area (Å²) in [4.78, 5) is 9.07. The van der Waals surface area contributed by atoms with Crippen molar-refractivity contribution in [2.45, 2.75) is 50.6 Å². The summed E-state index contributed by atoms with van der Waals surface area (Å²) in [6, 6.07) is 8.61. The number of fused-ring (bicyclic) bond motifs is 1. The Hall–Kier alpha value is -1.49. The maximum atomic E-state index is 6.30. The summed E-state index contributed by atoms with van der Waals surface area (Å²) in [6.45, 7) is 0.702. The van der Waals surface area contributed by atoms with Crippen molar-refractivity contribution < 1.29 is 0 Å². The molecule has 2 aromatic heterocycles. The molecule has 1 aliphatic rings. The molecule has 3 N–H and O–H groups in total. The van der Waals surface area contributed by atoms with Crippen LogP contribution in [0.4, 0.5) is 0 Å². The van der Waals surface area contributed by atoms with E-state index in [9.17, 15) is 0 Å². The Morgan fingerprint density at radius 3 is 2.92 bits per heavy atom. The molecule has 2 heterocycles. The maximum Gasteiger partial charge on any atom is 0.0622 e. The van der Waals surface area contributed by atoms with Gasteiger partial charge >= 0.3 is 0 Å². The van der Waals surface area contributed by atoms with E-state index in [1.165, 1.54) is 17.7 Å². The van der Waals surface area contributed by atoms with Crippen LogP contribution in [0.15, 0.2) is 36.7 Å². The van der Waals surface area contributed by atoms with E-state index in [4.69, 9.17) is 17.3 Å². The molecule has 0 radical (unpaired) electrons. The highest BCUT2D eigenvalue weighted by molar-refractivity contribution is 6.31. The topological polar surface area (TPSA) is 63.8 Å². The Labute approximate surface area is 148 Å². The number of aromatic nitrogens is 2. The monoisotopic (exact) mass is 344 g/mol. The lowest BCUT2D eigenvalue weighted by atomic mass is 9.90. The van der Waals surface area contributed by atoms with Crippen molar-refractivity contribution in [1.82, 2.24) is 15.3 Å². The van der Waals surface area contributed by atoms with Gasteiger partial charge in [-0.15, -0.1) is 0 Å². The summed E-state index contributed by atoms with van der Waals surface area (Å²) in [7, 11) is 0. The predicted octanol–water partition coefficient (Wildman–Crippen LogP) is 3.45. The summed E-state index contributed by atoms with van der Waals surface area (Å²) in [5.74, 6) is 0. The number of nitrogens with zero attached hydrogens (tertiary/aromatic N) is 2. The van der Waals surface area contributed by atoms with Gasteiger partial charge < -0.3 is 11.1 Å². The van der Waals surface area contributed by atoms with E-state index in [2.05, 4.69) is 21.4 Å². The highest BCUT2D eigenvalue weighted by Crippen LogP contribution is 2.29. The zero-order valence-corrected chi connectivity index (χ0v) is 14.7. The van der Waals surface area contributed by atoms with Crippen LogP contribution in [0.1, 0.15) is 48.7 Å². The lowest BCUT2D eigenvalue weighted by Crippen LogP contribution is -2.37. The van der Waals surface area contributed by atoms with Gasteiger partial charge in [0.25, 0.3) is 0 Å². The fourth-order valence-electron chi connectivity index (χ4n) is 3.47. The van der Waals surface area contributed by atoms with Crippen LogP contribution < -0.4 is 11.1 Å². The van der Waals surface area contributed by atoms with Crippen molar-refractivity contribution in [3.8, 4) is 0 Å². The summed E-state index contributed by atoms with van der Waals surface area (Å²) >= 11 is 6.30. The van der Waals surface area contributed by atoms with Gasteiger partial charge in [0.1, 0.15) is 0 Å². The maximum absolute atomic E-state index is 6.30. The summed E-state index contributed by atoms with van der Waals surface area (Å²) < 4.78 is 0. The van der Waals surface area contributed by atoms with Crippen molar-refractivity contribution >= 4 is 11.6 Å². The average molecular weight is 345 g/mol. The molecule has 0 spiro atoms. The van der Waals surface area contributed by atoms with Gasteiger partial charge in [0.05, 0.1) is 16.4 Å². The predicted molar refractivity (Wildman–Crippen MR) is 98.1 cm³/mol. The van der Waals surface area contributed by atoms with Crippen LogP contribution in [0.25, 0.3) is 0 Å². The SMILES string of the molecule is NCCCC(Cc1ncccc1Cl)NC1CCCc2cccnc21.